The van der Waals surface area contributed by atoms with Crippen molar-refractivity contribution in [2.24, 2.45) is 11.3 Å². The van der Waals surface area contributed by atoms with Gasteiger partial charge in [0.1, 0.15) is 23.5 Å². The SMILES string of the molecule is COc1cccc2[nH]c(C(=O)N3CCC4(CC4)C[C@H]3C(=O)NC(C#N)C[C@@H]3CCNC3=O)cc12. The van der Waals surface area contributed by atoms with Crippen LogP contribution in [0.1, 0.15) is 49.0 Å². The number of ether oxygens (including phenoxy) is 1. The summed E-state index contributed by atoms with van der Waals surface area (Å²) in [4.78, 5) is 43.6. The van der Waals surface area contributed by atoms with E-state index in [-0.39, 0.29) is 35.5 Å². The van der Waals surface area contributed by atoms with Gasteiger partial charge in [-0.05, 0) is 62.1 Å². The van der Waals surface area contributed by atoms with E-state index in [0.717, 1.165) is 30.2 Å². The van der Waals surface area contributed by atoms with Gasteiger partial charge in [-0.3, -0.25) is 14.4 Å². The lowest BCUT2D eigenvalue weighted by atomic mass is 9.87. The van der Waals surface area contributed by atoms with Gasteiger partial charge >= 0.3 is 0 Å². The van der Waals surface area contributed by atoms with Crippen LogP contribution in [0.5, 0.6) is 5.75 Å². The number of nitrogens with one attached hydrogen (secondary N) is 3. The molecule has 0 radical (unpaired) electrons. The zero-order chi connectivity index (χ0) is 23.9. The van der Waals surface area contributed by atoms with E-state index >= 15 is 0 Å². The zero-order valence-corrected chi connectivity index (χ0v) is 19.2. The second-order valence-corrected chi connectivity index (χ2v) is 9.78. The largest absolute Gasteiger partial charge is 0.496 e. The summed E-state index contributed by atoms with van der Waals surface area (Å²) >= 11 is 0. The van der Waals surface area contributed by atoms with E-state index in [9.17, 15) is 19.6 Å². The summed E-state index contributed by atoms with van der Waals surface area (Å²) in [7, 11) is 1.59. The number of fused-ring (bicyclic) bond motifs is 1. The van der Waals surface area contributed by atoms with Gasteiger partial charge in [0, 0.05) is 29.9 Å². The average molecular weight is 464 g/mol. The van der Waals surface area contributed by atoms with Crippen molar-refractivity contribution in [3.05, 3.63) is 30.0 Å². The Morgan fingerprint density at radius 1 is 1.35 bits per heavy atom. The molecule has 1 aromatic carbocycles. The van der Waals surface area contributed by atoms with Gasteiger partial charge in [0.15, 0.2) is 0 Å². The van der Waals surface area contributed by atoms with Crippen LogP contribution in [-0.2, 0) is 9.59 Å². The molecule has 1 aliphatic carbocycles. The van der Waals surface area contributed by atoms with E-state index in [2.05, 4.69) is 21.7 Å². The molecule has 1 unspecified atom stereocenters. The van der Waals surface area contributed by atoms with Gasteiger partial charge in [-0.1, -0.05) is 6.07 Å². The minimum absolute atomic E-state index is 0.0739. The summed E-state index contributed by atoms with van der Waals surface area (Å²) in [6.45, 7) is 1.09. The molecule has 2 aliphatic heterocycles. The Morgan fingerprint density at radius 2 is 2.18 bits per heavy atom. The summed E-state index contributed by atoms with van der Waals surface area (Å²) in [6.07, 6.45) is 4.53. The molecule has 3 amide bonds. The van der Waals surface area contributed by atoms with Crippen LogP contribution in [0, 0.1) is 22.7 Å². The Labute approximate surface area is 197 Å². The smallest absolute Gasteiger partial charge is 0.270 e. The fourth-order valence-corrected chi connectivity index (χ4v) is 5.39. The number of hydrogen-bond donors (Lipinski definition) is 3. The van der Waals surface area contributed by atoms with Crippen LogP contribution in [-0.4, -0.2) is 59.9 Å². The fraction of sp³-hybridized carbons (Fsp3) is 0.520. The number of carbonyl (C=O) groups is 3. The van der Waals surface area contributed by atoms with E-state index < -0.39 is 12.1 Å². The molecule has 1 aromatic heterocycles. The van der Waals surface area contributed by atoms with E-state index in [1.54, 1.807) is 18.1 Å². The first-order valence-electron chi connectivity index (χ1n) is 11.9. The van der Waals surface area contributed by atoms with Crippen LogP contribution in [0.4, 0.5) is 0 Å². The van der Waals surface area contributed by atoms with Crippen LogP contribution < -0.4 is 15.4 Å². The maximum atomic E-state index is 13.5. The summed E-state index contributed by atoms with van der Waals surface area (Å²) in [5.41, 5.74) is 1.32. The highest BCUT2D eigenvalue weighted by atomic mass is 16.5. The maximum Gasteiger partial charge on any atom is 0.270 e. The Kier molecular flexibility index (Phi) is 5.68. The molecular formula is C25H29N5O4. The number of piperidine rings is 1. The lowest BCUT2D eigenvalue weighted by Gasteiger charge is -2.39. The number of aromatic amines is 1. The minimum atomic E-state index is -0.771. The van der Waals surface area contributed by atoms with Crippen LogP contribution in [0.2, 0.25) is 0 Å². The number of aromatic nitrogens is 1. The van der Waals surface area contributed by atoms with E-state index in [1.807, 2.05) is 18.2 Å². The number of benzene rings is 1. The Morgan fingerprint density at radius 3 is 2.85 bits per heavy atom. The van der Waals surface area contributed by atoms with Gasteiger partial charge in [0.2, 0.25) is 11.8 Å². The van der Waals surface area contributed by atoms with Gasteiger partial charge < -0.3 is 25.3 Å². The predicted molar refractivity (Wildman–Crippen MR) is 124 cm³/mol. The molecule has 0 bridgehead atoms. The predicted octanol–water partition coefficient (Wildman–Crippen LogP) is 2.10. The molecule has 2 aromatic rings. The van der Waals surface area contributed by atoms with Crippen molar-refractivity contribution >= 4 is 28.6 Å². The Balaban J connectivity index is 1.35. The molecule has 5 rings (SSSR count). The normalized spacial score (nSPS) is 23.9. The second kappa shape index (κ2) is 8.67. The first-order chi connectivity index (χ1) is 16.4. The van der Waals surface area contributed by atoms with Crippen LogP contribution >= 0.6 is 0 Å². The van der Waals surface area contributed by atoms with Crippen LogP contribution in [0.3, 0.4) is 0 Å². The maximum absolute atomic E-state index is 13.5. The molecule has 2 saturated heterocycles. The van der Waals surface area contributed by atoms with E-state index in [4.69, 9.17) is 4.74 Å². The second-order valence-electron chi connectivity index (χ2n) is 9.78. The number of H-pyrrole nitrogens is 1. The summed E-state index contributed by atoms with van der Waals surface area (Å²) in [5, 5.41) is 16.0. The van der Waals surface area contributed by atoms with Crippen molar-refractivity contribution in [1.29, 1.82) is 5.26 Å². The fourth-order valence-electron chi connectivity index (χ4n) is 5.39. The molecule has 178 valence electrons. The van der Waals surface area contributed by atoms with Gasteiger partial charge in [-0.25, -0.2) is 0 Å². The highest BCUT2D eigenvalue weighted by Gasteiger charge is 2.51. The highest BCUT2D eigenvalue weighted by molar-refractivity contribution is 6.01. The lowest BCUT2D eigenvalue weighted by Crippen LogP contribution is -2.55. The number of likely N-dealkylation sites (tertiary alicyclic amines) is 1. The third kappa shape index (κ3) is 4.09. The molecule has 3 N–H and O–H groups in total. The summed E-state index contributed by atoms with van der Waals surface area (Å²) < 4.78 is 5.41. The monoisotopic (exact) mass is 463 g/mol. The molecule has 3 aliphatic rings. The average Bonchev–Trinajstić information content (AvgIpc) is 3.25. The first-order valence-corrected chi connectivity index (χ1v) is 11.9. The molecule has 34 heavy (non-hydrogen) atoms. The number of nitrogens with zero attached hydrogens (tertiary/aromatic N) is 2. The Bertz CT molecular complexity index is 1180. The third-order valence-electron chi connectivity index (χ3n) is 7.64. The lowest BCUT2D eigenvalue weighted by molar-refractivity contribution is -0.128. The number of rotatable bonds is 6. The standard InChI is InChI=1S/C25H29N5O4/c1-34-21-4-2-3-18-17(21)12-19(29-18)24(33)30-10-8-25(6-7-25)13-20(30)23(32)28-16(14-26)11-15-5-9-27-22(15)31/h2-4,12,15-16,20,29H,5-11,13H2,1H3,(H,27,31)(H,28,32)/t15-,16?,20-/m0/s1. The minimum Gasteiger partial charge on any atom is -0.496 e. The molecular weight excluding hydrogens is 434 g/mol. The molecule has 3 heterocycles. The van der Waals surface area contributed by atoms with E-state index in [1.165, 1.54) is 0 Å². The summed E-state index contributed by atoms with van der Waals surface area (Å²) in [5.74, 6) is -0.235. The molecule has 3 fully saturated rings. The topological polar surface area (TPSA) is 127 Å². The summed E-state index contributed by atoms with van der Waals surface area (Å²) in [6, 6.07) is 8.05. The number of hydrogen-bond acceptors (Lipinski definition) is 5. The first kappa shape index (κ1) is 22.3. The Hall–Kier alpha value is -3.54. The number of carbonyl (C=O) groups excluding carboxylic acids is 3. The van der Waals surface area contributed by atoms with Crippen molar-refractivity contribution in [3.63, 3.8) is 0 Å². The van der Waals surface area contributed by atoms with Gasteiger partial charge in [-0.2, -0.15) is 5.26 Å². The van der Waals surface area contributed by atoms with Gasteiger partial charge in [-0.15, -0.1) is 0 Å². The van der Waals surface area contributed by atoms with Crippen molar-refractivity contribution in [2.75, 3.05) is 20.2 Å². The van der Waals surface area contributed by atoms with Crippen LogP contribution in [0.15, 0.2) is 24.3 Å². The third-order valence-corrected chi connectivity index (χ3v) is 7.64. The van der Waals surface area contributed by atoms with Crippen molar-refractivity contribution in [3.8, 4) is 11.8 Å². The molecule has 3 atom stereocenters. The number of nitriles is 1. The van der Waals surface area contributed by atoms with Crippen molar-refractivity contribution in [2.45, 2.75) is 50.6 Å². The van der Waals surface area contributed by atoms with E-state index in [0.29, 0.717) is 37.4 Å². The van der Waals surface area contributed by atoms with Crippen LogP contribution in [0.25, 0.3) is 10.9 Å². The molecule has 1 saturated carbocycles. The van der Waals surface area contributed by atoms with Gasteiger partial charge in [0.05, 0.1) is 13.2 Å². The number of amides is 3. The number of methoxy groups -OCH3 is 1. The quantitative estimate of drug-likeness (QED) is 0.605. The van der Waals surface area contributed by atoms with Crippen molar-refractivity contribution < 1.29 is 19.1 Å². The molecule has 9 heteroatoms. The zero-order valence-electron chi connectivity index (χ0n) is 19.2. The highest BCUT2D eigenvalue weighted by Crippen LogP contribution is 2.55. The van der Waals surface area contributed by atoms with Gasteiger partial charge in [0.25, 0.3) is 5.91 Å². The molecule has 9 nitrogen and oxygen atoms in total. The molecule has 1 spiro atoms. The van der Waals surface area contributed by atoms with Crippen molar-refractivity contribution in [1.82, 2.24) is 20.5 Å².